The maximum absolute atomic E-state index is 12.5. The van der Waals surface area contributed by atoms with E-state index in [4.69, 9.17) is 0 Å². The average Bonchev–Trinajstić information content (AvgIpc) is 2.59. The largest absolute Gasteiger partial charge is 0.374 e. The van der Waals surface area contributed by atoms with Crippen LogP contribution < -0.4 is 4.90 Å². The van der Waals surface area contributed by atoms with E-state index in [-0.39, 0.29) is 5.91 Å². The lowest BCUT2D eigenvalue weighted by Gasteiger charge is -2.32. The molecule has 1 aliphatic rings. The number of carbonyl (C=O) groups is 2. The first-order valence-electron chi connectivity index (χ1n) is 7.81. The van der Waals surface area contributed by atoms with Crippen molar-refractivity contribution >= 4 is 18.0 Å². The zero-order chi connectivity index (χ0) is 15.9. The molecule has 0 aromatic carbocycles. The van der Waals surface area contributed by atoms with E-state index in [1.165, 1.54) is 0 Å². The number of unbranched alkanes of at least 4 members (excludes halogenated alkanes) is 1. The Bertz CT molecular complexity index is 513. The van der Waals surface area contributed by atoms with Gasteiger partial charge in [-0.1, -0.05) is 13.3 Å². The van der Waals surface area contributed by atoms with Crippen molar-refractivity contribution in [2.24, 2.45) is 0 Å². The molecule has 6 nitrogen and oxygen atoms in total. The highest BCUT2D eigenvalue weighted by Crippen LogP contribution is 2.15. The lowest BCUT2D eigenvalue weighted by atomic mass is 10.2. The van der Waals surface area contributed by atoms with E-state index in [1.807, 2.05) is 19.2 Å². The molecule has 0 N–H and O–H groups in total. The van der Waals surface area contributed by atoms with Crippen LogP contribution in [0.5, 0.6) is 0 Å². The Balaban J connectivity index is 2.02. The molecule has 1 aliphatic heterocycles. The summed E-state index contributed by atoms with van der Waals surface area (Å²) >= 11 is 0. The van der Waals surface area contributed by atoms with Gasteiger partial charge in [0, 0.05) is 51.7 Å². The van der Waals surface area contributed by atoms with Crippen LogP contribution in [0.3, 0.4) is 0 Å². The second-order valence-electron chi connectivity index (χ2n) is 5.61. The zero-order valence-electron chi connectivity index (χ0n) is 13.4. The van der Waals surface area contributed by atoms with Gasteiger partial charge >= 0.3 is 0 Å². The number of piperazine rings is 1. The van der Waals surface area contributed by atoms with Gasteiger partial charge in [-0.3, -0.25) is 14.6 Å². The number of anilines is 1. The van der Waals surface area contributed by atoms with Gasteiger partial charge in [0.25, 0.3) is 5.91 Å². The lowest BCUT2D eigenvalue weighted by molar-refractivity contribution is -0.119. The van der Waals surface area contributed by atoms with Crippen molar-refractivity contribution in [3.05, 3.63) is 24.0 Å². The van der Waals surface area contributed by atoms with E-state index < -0.39 is 0 Å². The predicted molar refractivity (Wildman–Crippen MR) is 86.0 cm³/mol. The second kappa shape index (κ2) is 7.77. The van der Waals surface area contributed by atoms with E-state index >= 15 is 0 Å². The van der Waals surface area contributed by atoms with Crippen LogP contribution in [0, 0.1) is 0 Å². The molecule has 120 valence electrons. The summed E-state index contributed by atoms with van der Waals surface area (Å²) in [4.78, 5) is 33.0. The number of carbonyl (C=O) groups excluding carboxylic acids is 2. The molecule has 1 saturated heterocycles. The van der Waals surface area contributed by atoms with E-state index in [1.54, 1.807) is 16.0 Å². The first-order chi connectivity index (χ1) is 10.7. The fourth-order valence-corrected chi connectivity index (χ4v) is 2.49. The number of amides is 2. The number of aromatic nitrogens is 1. The summed E-state index contributed by atoms with van der Waals surface area (Å²) in [6.07, 6.45) is 4.79. The molecule has 1 aromatic heterocycles. The highest BCUT2D eigenvalue weighted by Gasteiger charge is 2.22. The van der Waals surface area contributed by atoms with Gasteiger partial charge in [0.1, 0.15) is 5.69 Å². The third kappa shape index (κ3) is 3.96. The molecule has 0 bridgehead atoms. The minimum absolute atomic E-state index is 0.0590. The third-order valence-electron chi connectivity index (χ3n) is 4.00. The van der Waals surface area contributed by atoms with Crippen LogP contribution in [0.25, 0.3) is 0 Å². The van der Waals surface area contributed by atoms with Gasteiger partial charge < -0.3 is 14.7 Å². The minimum Gasteiger partial charge on any atom is -0.374 e. The first-order valence-corrected chi connectivity index (χ1v) is 7.81. The molecule has 0 unspecified atom stereocenters. The number of hydrogen-bond acceptors (Lipinski definition) is 4. The summed E-state index contributed by atoms with van der Waals surface area (Å²) in [6.45, 7) is 5.43. The number of nitrogens with zero attached hydrogens (tertiary/aromatic N) is 4. The SMILES string of the molecule is CCCCN(C)c1ccnc(C(=O)N2CCN(C=O)CC2)c1. The molecule has 0 aliphatic carbocycles. The Labute approximate surface area is 131 Å². The molecule has 6 heteroatoms. The van der Waals surface area contributed by atoms with Crippen LogP contribution in [0.15, 0.2) is 18.3 Å². The number of rotatable bonds is 6. The van der Waals surface area contributed by atoms with Gasteiger partial charge in [-0.15, -0.1) is 0 Å². The van der Waals surface area contributed by atoms with Gasteiger partial charge in [-0.2, -0.15) is 0 Å². The maximum atomic E-state index is 12.5. The summed E-state index contributed by atoms with van der Waals surface area (Å²) in [5, 5.41) is 0. The summed E-state index contributed by atoms with van der Waals surface area (Å²) in [5.74, 6) is -0.0590. The Hall–Kier alpha value is -2.11. The molecule has 0 saturated carbocycles. The van der Waals surface area contributed by atoms with Crippen molar-refractivity contribution in [2.45, 2.75) is 19.8 Å². The standard InChI is InChI=1S/C16H24N4O2/c1-3-4-7-18(2)14-5-6-17-15(12-14)16(22)20-10-8-19(13-21)9-11-20/h5-6,12-13H,3-4,7-11H2,1-2H3. The maximum Gasteiger partial charge on any atom is 0.272 e. The molecule has 0 atom stereocenters. The number of pyridine rings is 1. The van der Waals surface area contributed by atoms with Crippen LogP contribution >= 0.6 is 0 Å². The molecule has 1 aromatic rings. The Kier molecular flexibility index (Phi) is 5.75. The second-order valence-corrected chi connectivity index (χ2v) is 5.61. The molecule has 0 spiro atoms. The molecule has 1 fully saturated rings. The molecule has 2 rings (SSSR count). The average molecular weight is 304 g/mol. The fourth-order valence-electron chi connectivity index (χ4n) is 2.49. The van der Waals surface area contributed by atoms with Crippen molar-refractivity contribution in [1.82, 2.24) is 14.8 Å². The van der Waals surface area contributed by atoms with Crippen LogP contribution in [0.2, 0.25) is 0 Å². The van der Waals surface area contributed by atoms with Crippen LogP contribution in [0.1, 0.15) is 30.3 Å². The van der Waals surface area contributed by atoms with Gasteiger partial charge in [0.15, 0.2) is 0 Å². The lowest BCUT2D eigenvalue weighted by Crippen LogP contribution is -2.48. The van der Waals surface area contributed by atoms with E-state index in [9.17, 15) is 9.59 Å². The molecule has 2 heterocycles. The summed E-state index contributed by atoms with van der Waals surface area (Å²) < 4.78 is 0. The number of hydrogen-bond donors (Lipinski definition) is 0. The summed E-state index contributed by atoms with van der Waals surface area (Å²) in [7, 11) is 2.03. The van der Waals surface area contributed by atoms with Crippen LogP contribution in [-0.4, -0.2) is 66.9 Å². The fraction of sp³-hybridized carbons (Fsp3) is 0.562. The van der Waals surface area contributed by atoms with Gasteiger partial charge in [0.2, 0.25) is 6.41 Å². The predicted octanol–water partition coefficient (Wildman–Crippen LogP) is 1.23. The topological polar surface area (TPSA) is 56.8 Å². The molecule has 22 heavy (non-hydrogen) atoms. The van der Waals surface area contributed by atoms with Crippen LogP contribution in [0.4, 0.5) is 5.69 Å². The van der Waals surface area contributed by atoms with E-state index in [0.717, 1.165) is 31.5 Å². The highest BCUT2D eigenvalue weighted by atomic mass is 16.2. The molecule has 0 radical (unpaired) electrons. The zero-order valence-corrected chi connectivity index (χ0v) is 13.4. The van der Waals surface area contributed by atoms with Crippen LogP contribution in [-0.2, 0) is 4.79 Å². The Morgan fingerprint density at radius 1 is 1.36 bits per heavy atom. The smallest absolute Gasteiger partial charge is 0.272 e. The van der Waals surface area contributed by atoms with Crippen molar-refractivity contribution in [3.8, 4) is 0 Å². The van der Waals surface area contributed by atoms with Crippen molar-refractivity contribution in [2.75, 3.05) is 44.7 Å². The monoisotopic (exact) mass is 304 g/mol. The summed E-state index contributed by atoms with van der Waals surface area (Å²) in [5.41, 5.74) is 1.48. The summed E-state index contributed by atoms with van der Waals surface area (Å²) in [6, 6.07) is 3.78. The molecule has 2 amide bonds. The van der Waals surface area contributed by atoms with Crippen molar-refractivity contribution in [1.29, 1.82) is 0 Å². The van der Waals surface area contributed by atoms with E-state index in [2.05, 4.69) is 16.8 Å². The molecular formula is C16H24N4O2. The third-order valence-corrected chi connectivity index (χ3v) is 4.00. The first kappa shape index (κ1) is 16.3. The molecular weight excluding hydrogens is 280 g/mol. The van der Waals surface area contributed by atoms with Gasteiger partial charge in [-0.25, -0.2) is 0 Å². The quantitative estimate of drug-likeness (QED) is 0.742. The van der Waals surface area contributed by atoms with Crippen molar-refractivity contribution < 1.29 is 9.59 Å². The van der Waals surface area contributed by atoms with E-state index in [0.29, 0.717) is 31.9 Å². The van der Waals surface area contributed by atoms with Gasteiger partial charge in [-0.05, 0) is 18.6 Å². The van der Waals surface area contributed by atoms with Gasteiger partial charge in [0.05, 0.1) is 0 Å². The Morgan fingerprint density at radius 3 is 2.73 bits per heavy atom. The van der Waals surface area contributed by atoms with Crippen molar-refractivity contribution in [3.63, 3.8) is 0 Å². The Morgan fingerprint density at radius 2 is 2.09 bits per heavy atom. The normalized spacial score (nSPS) is 14.8. The highest BCUT2D eigenvalue weighted by molar-refractivity contribution is 5.93. The minimum atomic E-state index is -0.0590.